The number of hydrogen-bond donors (Lipinski definition) is 1. The normalized spacial score (nSPS) is 22.1. The minimum atomic E-state index is -2.97. The molecule has 1 fully saturated rings. The van der Waals surface area contributed by atoms with Crippen LogP contribution in [0.4, 0.5) is 0 Å². The highest BCUT2D eigenvalue weighted by Gasteiger charge is 2.23. The number of piperidine rings is 1. The van der Waals surface area contributed by atoms with Gasteiger partial charge in [-0.25, -0.2) is 13.5 Å². The van der Waals surface area contributed by atoms with Gasteiger partial charge in [-0.05, 0) is 38.3 Å². The third-order valence-corrected chi connectivity index (χ3v) is 3.66. The van der Waals surface area contributed by atoms with Crippen LogP contribution in [0.3, 0.4) is 0 Å². The van der Waals surface area contributed by atoms with E-state index in [9.17, 15) is 13.5 Å². The molecule has 83 valence electrons. The summed E-state index contributed by atoms with van der Waals surface area (Å²) < 4.78 is 21.7. The zero-order chi connectivity index (χ0) is 10.6. The molecule has 0 saturated carbocycles. The van der Waals surface area contributed by atoms with Crippen molar-refractivity contribution in [2.45, 2.75) is 25.4 Å². The molecule has 1 saturated heterocycles. The van der Waals surface area contributed by atoms with Gasteiger partial charge in [0.1, 0.15) is 9.84 Å². The van der Waals surface area contributed by atoms with Gasteiger partial charge in [0.2, 0.25) is 0 Å². The van der Waals surface area contributed by atoms with Crippen LogP contribution in [0, 0.1) is 5.92 Å². The van der Waals surface area contributed by atoms with Gasteiger partial charge in [-0.3, -0.25) is 0 Å². The Bertz CT molecular complexity index is 257. The van der Waals surface area contributed by atoms with Crippen molar-refractivity contribution < 1.29 is 13.5 Å². The smallest absolute Gasteiger partial charge is 0.147 e. The van der Waals surface area contributed by atoms with E-state index in [4.69, 9.17) is 0 Å². The summed E-state index contributed by atoms with van der Waals surface area (Å²) in [7, 11) is -2.97. The minimum absolute atomic E-state index is 0.0328. The minimum Gasteiger partial charge on any atom is -0.317 e. The molecule has 1 aliphatic rings. The largest absolute Gasteiger partial charge is 0.317 e. The van der Waals surface area contributed by atoms with E-state index >= 15 is 0 Å². The second kappa shape index (κ2) is 5.09. The van der Waals surface area contributed by atoms with Gasteiger partial charge in [-0.15, -0.1) is 0 Å². The molecule has 4 nitrogen and oxygen atoms in total. The molecule has 0 aromatic carbocycles. The fourth-order valence-corrected chi connectivity index (χ4v) is 2.44. The van der Waals surface area contributed by atoms with E-state index in [0.717, 1.165) is 25.9 Å². The summed E-state index contributed by atoms with van der Waals surface area (Å²) in [4.78, 5) is 0. The third kappa shape index (κ3) is 4.39. The van der Waals surface area contributed by atoms with Crippen molar-refractivity contribution in [1.82, 2.24) is 5.32 Å². The maximum absolute atomic E-state index is 11.6. The predicted octanol–water partition coefficient (Wildman–Crippen LogP) is 0.220. The van der Waals surface area contributed by atoms with E-state index in [2.05, 4.69) is 5.32 Å². The molecular formula is C9H18NO3S. The molecule has 1 atom stereocenters. The van der Waals surface area contributed by atoms with E-state index < -0.39 is 15.9 Å². The van der Waals surface area contributed by atoms with Crippen LogP contribution in [0.25, 0.3) is 0 Å². The van der Waals surface area contributed by atoms with E-state index in [1.54, 1.807) is 0 Å². The highest BCUT2D eigenvalue weighted by Crippen LogP contribution is 2.19. The van der Waals surface area contributed by atoms with E-state index in [-0.39, 0.29) is 18.1 Å². The first-order valence-corrected chi connectivity index (χ1v) is 7.09. The summed E-state index contributed by atoms with van der Waals surface area (Å²) in [6.45, 7) is 1.78. The quantitative estimate of drug-likeness (QED) is 0.737. The molecule has 1 N–H and O–H groups in total. The maximum atomic E-state index is 11.6. The Balaban J connectivity index is 2.30. The van der Waals surface area contributed by atoms with Gasteiger partial charge in [0.25, 0.3) is 0 Å². The van der Waals surface area contributed by atoms with Gasteiger partial charge in [0.05, 0.1) is 11.9 Å². The van der Waals surface area contributed by atoms with Crippen LogP contribution in [0.5, 0.6) is 0 Å². The molecule has 0 aliphatic carbocycles. The Morgan fingerprint density at radius 1 is 1.36 bits per heavy atom. The molecule has 0 aromatic rings. The third-order valence-electron chi connectivity index (χ3n) is 2.68. The lowest BCUT2D eigenvalue weighted by Crippen LogP contribution is -2.34. The summed E-state index contributed by atoms with van der Waals surface area (Å²) in [5.41, 5.74) is 0. The van der Waals surface area contributed by atoms with Gasteiger partial charge in [-0.2, -0.15) is 0 Å². The average Bonchev–Trinajstić information content (AvgIpc) is 2.14. The van der Waals surface area contributed by atoms with Crippen LogP contribution in [0.15, 0.2) is 0 Å². The van der Waals surface area contributed by atoms with Crippen LogP contribution in [0.2, 0.25) is 0 Å². The first-order chi connectivity index (χ1) is 6.49. The molecule has 1 radical (unpaired) electrons. The molecule has 14 heavy (non-hydrogen) atoms. The average molecular weight is 220 g/mol. The van der Waals surface area contributed by atoms with Gasteiger partial charge in [-0.1, -0.05) is 0 Å². The topological polar surface area (TPSA) is 66.1 Å². The number of hydrogen-bond acceptors (Lipinski definition) is 3. The van der Waals surface area contributed by atoms with Gasteiger partial charge >= 0.3 is 0 Å². The monoisotopic (exact) mass is 220 g/mol. The SMILES string of the molecule is CS(=O)(=O)CCC([O])C1CCNCC1. The lowest BCUT2D eigenvalue weighted by Gasteiger charge is -2.25. The van der Waals surface area contributed by atoms with Crippen molar-refractivity contribution in [2.24, 2.45) is 5.92 Å². The van der Waals surface area contributed by atoms with Gasteiger partial charge in [0, 0.05) is 6.26 Å². The van der Waals surface area contributed by atoms with Crippen molar-refractivity contribution in [3.05, 3.63) is 0 Å². The van der Waals surface area contributed by atoms with Crippen LogP contribution in [-0.2, 0) is 14.9 Å². The zero-order valence-electron chi connectivity index (χ0n) is 8.53. The summed E-state index contributed by atoms with van der Waals surface area (Å²) in [5, 5.41) is 14.8. The van der Waals surface area contributed by atoms with Crippen molar-refractivity contribution in [3.8, 4) is 0 Å². The standard InChI is InChI=1S/C9H18NO3S/c1-14(12,13)7-4-9(11)8-2-5-10-6-3-8/h8-10H,2-7H2,1H3. The van der Waals surface area contributed by atoms with Crippen molar-refractivity contribution in [2.75, 3.05) is 25.1 Å². The Kier molecular flexibility index (Phi) is 4.34. The molecule has 1 aliphatic heterocycles. The molecule has 1 rings (SSSR count). The Hall–Kier alpha value is -0.130. The molecule has 0 amide bonds. The van der Waals surface area contributed by atoms with Gasteiger partial charge in [0.15, 0.2) is 0 Å². The van der Waals surface area contributed by atoms with E-state index in [0.29, 0.717) is 0 Å². The summed E-state index contributed by atoms with van der Waals surface area (Å²) in [6.07, 6.45) is 2.52. The summed E-state index contributed by atoms with van der Waals surface area (Å²) in [6, 6.07) is 0. The Morgan fingerprint density at radius 2 is 1.93 bits per heavy atom. The first-order valence-electron chi connectivity index (χ1n) is 5.03. The van der Waals surface area contributed by atoms with Crippen LogP contribution < -0.4 is 5.32 Å². The molecule has 1 heterocycles. The van der Waals surface area contributed by atoms with E-state index in [1.807, 2.05) is 0 Å². The molecule has 5 heteroatoms. The number of nitrogens with one attached hydrogen (secondary N) is 1. The van der Waals surface area contributed by atoms with Gasteiger partial charge < -0.3 is 5.32 Å². The zero-order valence-corrected chi connectivity index (χ0v) is 9.35. The van der Waals surface area contributed by atoms with E-state index in [1.165, 1.54) is 6.26 Å². The Morgan fingerprint density at radius 3 is 2.43 bits per heavy atom. The highest BCUT2D eigenvalue weighted by atomic mass is 32.2. The molecule has 0 bridgehead atoms. The second-order valence-corrected chi connectivity index (χ2v) is 6.30. The molecule has 0 aromatic heterocycles. The second-order valence-electron chi connectivity index (χ2n) is 4.04. The summed E-state index contributed by atoms with van der Waals surface area (Å²) in [5.74, 6) is 0.198. The lowest BCUT2D eigenvalue weighted by atomic mass is 9.91. The van der Waals surface area contributed by atoms with Crippen molar-refractivity contribution >= 4 is 9.84 Å². The number of rotatable bonds is 4. The number of sulfone groups is 1. The van der Waals surface area contributed by atoms with Crippen LogP contribution >= 0.6 is 0 Å². The first kappa shape index (κ1) is 11.9. The van der Waals surface area contributed by atoms with Crippen molar-refractivity contribution in [1.29, 1.82) is 0 Å². The van der Waals surface area contributed by atoms with Crippen LogP contribution in [0.1, 0.15) is 19.3 Å². The summed E-state index contributed by atoms with van der Waals surface area (Å²) >= 11 is 0. The van der Waals surface area contributed by atoms with Crippen molar-refractivity contribution in [3.63, 3.8) is 0 Å². The predicted molar refractivity (Wildman–Crippen MR) is 54.4 cm³/mol. The molecule has 1 unspecified atom stereocenters. The molecule has 0 spiro atoms. The fourth-order valence-electron chi connectivity index (χ4n) is 1.78. The Labute approximate surface area is 85.6 Å². The lowest BCUT2D eigenvalue weighted by molar-refractivity contribution is 0.0221. The maximum Gasteiger partial charge on any atom is 0.147 e. The fraction of sp³-hybridized carbons (Fsp3) is 1.00. The molecular weight excluding hydrogens is 202 g/mol. The van der Waals surface area contributed by atoms with Crippen LogP contribution in [-0.4, -0.2) is 39.6 Å². The highest BCUT2D eigenvalue weighted by molar-refractivity contribution is 7.90.